The molecule has 0 unspecified atom stereocenters. The average molecular weight is 342 g/mol. The van der Waals surface area contributed by atoms with Crippen LogP contribution in [0.25, 0.3) is 6.08 Å². The predicted molar refractivity (Wildman–Crippen MR) is 80.1 cm³/mol. The third kappa shape index (κ3) is 4.65. The zero-order valence-corrected chi connectivity index (χ0v) is 12.1. The SMILES string of the molecule is O=C(/C=C/c1ccc([N+](=O)[O-])s1)Nc1ccc(C(F)(F)F)cc1. The topological polar surface area (TPSA) is 72.2 Å². The lowest BCUT2D eigenvalue weighted by molar-refractivity contribution is -0.380. The predicted octanol–water partition coefficient (Wildman–Crippen LogP) is 4.33. The summed E-state index contributed by atoms with van der Waals surface area (Å²) >= 11 is 0.903. The highest BCUT2D eigenvalue weighted by Crippen LogP contribution is 2.29. The van der Waals surface area contributed by atoms with Crippen molar-refractivity contribution in [1.29, 1.82) is 0 Å². The smallest absolute Gasteiger partial charge is 0.323 e. The van der Waals surface area contributed by atoms with Crippen LogP contribution in [0.3, 0.4) is 0 Å². The van der Waals surface area contributed by atoms with Crippen molar-refractivity contribution in [3.8, 4) is 0 Å². The summed E-state index contributed by atoms with van der Waals surface area (Å²) in [5, 5.41) is 12.9. The summed E-state index contributed by atoms with van der Waals surface area (Å²) in [6, 6.07) is 6.82. The lowest BCUT2D eigenvalue weighted by atomic mass is 10.2. The van der Waals surface area contributed by atoms with Gasteiger partial charge in [0.15, 0.2) is 0 Å². The zero-order chi connectivity index (χ0) is 17.0. The first-order valence-corrected chi connectivity index (χ1v) is 6.98. The van der Waals surface area contributed by atoms with E-state index in [9.17, 15) is 28.1 Å². The first kappa shape index (κ1) is 16.7. The molecule has 0 radical (unpaired) electrons. The molecule has 1 aromatic carbocycles. The van der Waals surface area contributed by atoms with Crippen LogP contribution in [0.5, 0.6) is 0 Å². The third-order valence-corrected chi connectivity index (χ3v) is 3.67. The van der Waals surface area contributed by atoms with Crippen molar-refractivity contribution in [3.05, 3.63) is 63.0 Å². The number of nitrogens with zero attached hydrogens (tertiary/aromatic N) is 1. The monoisotopic (exact) mass is 342 g/mol. The molecule has 0 aliphatic heterocycles. The van der Waals surface area contributed by atoms with Crippen LogP contribution in [0, 0.1) is 10.1 Å². The Morgan fingerprint density at radius 1 is 1.17 bits per heavy atom. The summed E-state index contributed by atoms with van der Waals surface area (Å²) < 4.78 is 37.2. The third-order valence-electron chi connectivity index (χ3n) is 2.67. The van der Waals surface area contributed by atoms with Crippen LogP contribution in [0.1, 0.15) is 10.4 Å². The Labute approximate surface area is 132 Å². The Morgan fingerprint density at radius 3 is 2.35 bits per heavy atom. The number of amides is 1. The molecule has 0 saturated carbocycles. The van der Waals surface area contributed by atoms with Gasteiger partial charge in [0.1, 0.15) is 0 Å². The second-order valence-electron chi connectivity index (χ2n) is 4.33. The molecule has 23 heavy (non-hydrogen) atoms. The Kier molecular flexibility index (Phi) is 4.80. The number of nitro groups is 1. The Hall–Kier alpha value is -2.68. The number of alkyl halides is 3. The molecule has 0 atom stereocenters. The van der Waals surface area contributed by atoms with Crippen molar-refractivity contribution in [3.63, 3.8) is 0 Å². The fourth-order valence-corrected chi connectivity index (χ4v) is 2.34. The highest BCUT2D eigenvalue weighted by molar-refractivity contribution is 7.16. The number of hydrogen-bond donors (Lipinski definition) is 1. The van der Waals surface area contributed by atoms with E-state index in [1.165, 1.54) is 18.2 Å². The van der Waals surface area contributed by atoms with Crippen LogP contribution in [0.2, 0.25) is 0 Å². The number of carbonyl (C=O) groups is 1. The molecule has 0 fully saturated rings. The van der Waals surface area contributed by atoms with Gasteiger partial charge in [-0.25, -0.2) is 0 Å². The molecule has 0 aliphatic rings. The Bertz CT molecular complexity index is 751. The van der Waals surface area contributed by atoms with Gasteiger partial charge in [0.25, 0.3) is 0 Å². The van der Waals surface area contributed by atoms with E-state index in [4.69, 9.17) is 0 Å². The summed E-state index contributed by atoms with van der Waals surface area (Å²) in [6.45, 7) is 0. The van der Waals surface area contributed by atoms with Gasteiger partial charge in [-0.05, 0) is 36.4 Å². The van der Waals surface area contributed by atoms with Crippen LogP contribution in [0.15, 0.2) is 42.5 Å². The first-order valence-electron chi connectivity index (χ1n) is 6.16. The van der Waals surface area contributed by atoms with E-state index in [0.717, 1.165) is 41.7 Å². The van der Waals surface area contributed by atoms with E-state index in [1.54, 1.807) is 0 Å². The van der Waals surface area contributed by atoms with Gasteiger partial charge in [0.05, 0.1) is 10.5 Å². The van der Waals surface area contributed by atoms with Crippen molar-refractivity contribution in [2.45, 2.75) is 6.18 Å². The van der Waals surface area contributed by atoms with Gasteiger partial charge < -0.3 is 5.32 Å². The molecule has 0 saturated heterocycles. The average Bonchev–Trinajstić information content (AvgIpc) is 2.94. The quantitative estimate of drug-likeness (QED) is 0.511. The minimum Gasteiger partial charge on any atom is -0.323 e. The van der Waals surface area contributed by atoms with E-state index < -0.39 is 22.6 Å². The van der Waals surface area contributed by atoms with E-state index in [0.29, 0.717) is 4.88 Å². The molecular formula is C14H9F3N2O3S. The molecule has 0 spiro atoms. The number of benzene rings is 1. The molecular weight excluding hydrogens is 333 g/mol. The molecule has 5 nitrogen and oxygen atoms in total. The first-order chi connectivity index (χ1) is 10.8. The van der Waals surface area contributed by atoms with Crippen molar-refractivity contribution in [1.82, 2.24) is 0 Å². The van der Waals surface area contributed by atoms with Crippen LogP contribution < -0.4 is 5.32 Å². The summed E-state index contributed by atoms with van der Waals surface area (Å²) in [4.78, 5) is 22.2. The van der Waals surface area contributed by atoms with Gasteiger partial charge in [0, 0.05) is 22.7 Å². The minimum absolute atomic E-state index is 0.0483. The fourth-order valence-electron chi connectivity index (χ4n) is 1.61. The van der Waals surface area contributed by atoms with Crippen LogP contribution in [0.4, 0.5) is 23.9 Å². The molecule has 2 aromatic rings. The van der Waals surface area contributed by atoms with E-state index >= 15 is 0 Å². The number of halogens is 3. The molecule has 2 rings (SSSR count). The van der Waals surface area contributed by atoms with E-state index in [-0.39, 0.29) is 10.7 Å². The number of thiophene rings is 1. The number of rotatable bonds is 4. The minimum atomic E-state index is -4.43. The summed E-state index contributed by atoms with van der Waals surface area (Å²) in [5.41, 5.74) is -0.596. The molecule has 0 bridgehead atoms. The van der Waals surface area contributed by atoms with E-state index in [2.05, 4.69) is 5.32 Å². The highest BCUT2D eigenvalue weighted by Gasteiger charge is 2.29. The second-order valence-corrected chi connectivity index (χ2v) is 5.42. The van der Waals surface area contributed by atoms with E-state index in [1.807, 2.05) is 0 Å². The van der Waals surface area contributed by atoms with Crippen molar-refractivity contribution in [2.24, 2.45) is 0 Å². The number of carbonyl (C=O) groups excluding carboxylic acids is 1. The van der Waals surface area contributed by atoms with Gasteiger partial charge in [-0.3, -0.25) is 14.9 Å². The molecule has 1 N–H and O–H groups in total. The van der Waals surface area contributed by atoms with Gasteiger partial charge in [0.2, 0.25) is 5.91 Å². The number of anilines is 1. The summed E-state index contributed by atoms with van der Waals surface area (Å²) in [6.07, 6.45) is -1.90. The summed E-state index contributed by atoms with van der Waals surface area (Å²) in [7, 11) is 0. The molecule has 1 heterocycles. The largest absolute Gasteiger partial charge is 0.416 e. The van der Waals surface area contributed by atoms with Crippen LogP contribution >= 0.6 is 11.3 Å². The maximum atomic E-state index is 12.4. The van der Waals surface area contributed by atoms with Crippen molar-refractivity contribution >= 4 is 34.0 Å². The van der Waals surface area contributed by atoms with Gasteiger partial charge in [-0.2, -0.15) is 13.2 Å². The van der Waals surface area contributed by atoms with Gasteiger partial charge >= 0.3 is 11.2 Å². The number of hydrogen-bond acceptors (Lipinski definition) is 4. The lowest BCUT2D eigenvalue weighted by Gasteiger charge is -2.07. The molecule has 120 valence electrons. The molecule has 1 aromatic heterocycles. The van der Waals surface area contributed by atoms with Crippen LogP contribution in [-0.4, -0.2) is 10.8 Å². The second kappa shape index (κ2) is 6.61. The number of nitrogens with one attached hydrogen (secondary N) is 1. The lowest BCUT2D eigenvalue weighted by Crippen LogP contribution is -2.09. The highest BCUT2D eigenvalue weighted by atomic mass is 32.1. The Balaban J connectivity index is 1.98. The Morgan fingerprint density at radius 2 is 1.83 bits per heavy atom. The maximum absolute atomic E-state index is 12.4. The van der Waals surface area contributed by atoms with Crippen molar-refractivity contribution < 1.29 is 22.9 Å². The summed E-state index contributed by atoms with van der Waals surface area (Å²) in [5.74, 6) is -0.555. The van der Waals surface area contributed by atoms with Crippen LogP contribution in [-0.2, 0) is 11.0 Å². The molecule has 0 aliphatic carbocycles. The van der Waals surface area contributed by atoms with Gasteiger partial charge in [-0.1, -0.05) is 11.3 Å². The maximum Gasteiger partial charge on any atom is 0.416 e. The standard InChI is InChI=1S/C14H9F3N2O3S/c15-14(16,17)9-1-3-10(4-2-9)18-12(20)7-5-11-6-8-13(23-11)19(21)22/h1-8H,(H,18,20)/b7-5+. The fraction of sp³-hybridized carbons (Fsp3) is 0.0714. The van der Waals surface area contributed by atoms with Gasteiger partial charge in [-0.15, -0.1) is 0 Å². The molecule has 1 amide bonds. The van der Waals surface area contributed by atoms with Crippen molar-refractivity contribution in [2.75, 3.05) is 5.32 Å². The zero-order valence-electron chi connectivity index (χ0n) is 11.3. The molecule has 9 heteroatoms. The normalized spacial score (nSPS) is 11.6.